The molecule has 2 heteroatoms. The molecule has 12 heavy (non-hydrogen) atoms. The van der Waals surface area contributed by atoms with Gasteiger partial charge in [-0.3, -0.25) is 4.90 Å². The number of aliphatic hydroxyl groups is 1. The molecule has 1 N–H and O–H groups in total. The van der Waals surface area contributed by atoms with Crippen molar-refractivity contribution in [2.24, 2.45) is 0 Å². The van der Waals surface area contributed by atoms with Crippen molar-refractivity contribution >= 4 is 0 Å². The van der Waals surface area contributed by atoms with Crippen molar-refractivity contribution < 1.29 is 5.11 Å². The smallest absolute Gasteiger partial charge is 0.0718 e. The van der Waals surface area contributed by atoms with Crippen molar-refractivity contribution in [1.82, 2.24) is 4.90 Å². The van der Waals surface area contributed by atoms with Crippen molar-refractivity contribution in [3.8, 4) is 0 Å². The van der Waals surface area contributed by atoms with E-state index in [0.29, 0.717) is 0 Å². The Kier molecular flexibility index (Phi) is 3.13. The summed E-state index contributed by atoms with van der Waals surface area (Å²) in [6.07, 6.45) is 3.85. The molecule has 1 rings (SSSR count). The van der Waals surface area contributed by atoms with Gasteiger partial charge < -0.3 is 5.11 Å². The van der Waals surface area contributed by atoms with Gasteiger partial charge in [0.1, 0.15) is 0 Å². The van der Waals surface area contributed by atoms with Crippen LogP contribution in [0.3, 0.4) is 0 Å². The maximum Gasteiger partial charge on any atom is 0.0718 e. The van der Waals surface area contributed by atoms with Gasteiger partial charge in [-0.05, 0) is 39.7 Å². The molecule has 0 saturated heterocycles. The van der Waals surface area contributed by atoms with Crippen molar-refractivity contribution in [1.29, 1.82) is 0 Å². The Labute approximate surface area is 75.6 Å². The van der Waals surface area contributed by atoms with Crippen LogP contribution in [-0.4, -0.2) is 34.7 Å². The molecule has 0 radical (unpaired) electrons. The van der Waals surface area contributed by atoms with Gasteiger partial charge in [0.25, 0.3) is 0 Å². The first-order valence-corrected chi connectivity index (χ1v) is 4.99. The van der Waals surface area contributed by atoms with Crippen molar-refractivity contribution in [3.05, 3.63) is 0 Å². The molecule has 0 aromatic carbocycles. The molecule has 0 unspecified atom stereocenters. The second-order valence-corrected chi connectivity index (χ2v) is 4.51. The lowest BCUT2D eigenvalue weighted by Gasteiger charge is -2.28. The highest BCUT2D eigenvalue weighted by atomic mass is 16.3. The SMILES string of the molecule is CCCN(CC(C)(C)O)C1CC1. The molecular weight excluding hydrogens is 150 g/mol. The van der Waals surface area contributed by atoms with E-state index in [-0.39, 0.29) is 0 Å². The summed E-state index contributed by atoms with van der Waals surface area (Å²) in [4.78, 5) is 2.42. The molecule has 1 saturated carbocycles. The van der Waals surface area contributed by atoms with Crippen LogP contribution in [0.1, 0.15) is 40.0 Å². The molecule has 0 spiro atoms. The first kappa shape index (κ1) is 10.0. The van der Waals surface area contributed by atoms with Crippen molar-refractivity contribution in [2.75, 3.05) is 13.1 Å². The summed E-state index contributed by atoms with van der Waals surface area (Å²) < 4.78 is 0. The Balaban J connectivity index is 2.32. The van der Waals surface area contributed by atoms with Gasteiger partial charge in [0, 0.05) is 12.6 Å². The Morgan fingerprint density at radius 3 is 2.33 bits per heavy atom. The van der Waals surface area contributed by atoms with Crippen LogP contribution in [0.2, 0.25) is 0 Å². The number of rotatable bonds is 5. The van der Waals surface area contributed by atoms with Crippen molar-refractivity contribution in [3.63, 3.8) is 0 Å². The molecule has 0 bridgehead atoms. The van der Waals surface area contributed by atoms with Gasteiger partial charge in [0.05, 0.1) is 5.60 Å². The summed E-state index contributed by atoms with van der Waals surface area (Å²) in [6.45, 7) is 7.93. The van der Waals surface area contributed by atoms with Gasteiger partial charge in [0.15, 0.2) is 0 Å². The highest BCUT2D eigenvalue weighted by molar-refractivity contribution is 4.87. The molecule has 72 valence electrons. The molecule has 2 nitrogen and oxygen atoms in total. The lowest BCUT2D eigenvalue weighted by Crippen LogP contribution is -2.40. The molecule has 0 atom stereocenters. The Morgan fingerprint density at radius 2 is 2.00 bits per heavy atom. The molecule has 0 heterocycles. The number of hydrogen-bond donors (Lipinski definition) is 1. The Hall–Kier alpha value is -0.0800. The van der Waals surface area contributed by atoms with E-state index in [1.165, 1.54) is 19.3 Å². The van der Waals surface area contributed by atoms with Crippen LogP contribution in [0.5, 0.6) is 0 Å². The van der Waals surface area contributed by atoms with Crippen LogP contribution in [0, 0.1) is 0 Å². The zero-order valence-electron chi connectivity index (χ0n) is 8.51. The van der Waals surface area contributed by atoms with Crippen LogP contribution in [0.15, 0.2) is 0 Å². The lowest BCUT2D eigenvalue weighted by atomic mass is 10.1. The van der Waals surface area contributed by atoms with E-state index in [9.17, 15) is 5.11 Å². The minimum absolute atomic E-state index is 0.530. The zero-order valence-corrected chi connectivity index (χ0v) is 8.51. The summed E-state index contributed by atoms with van der Waals surface area (Å²) in [6, 6.07) is 0.774. The van der Waals surface area contributed by atoms with Crippen LogP contribution < -0.4 is 0 Å². The minimum Gasteiger partial charge on any atom is -0.389 e. The van der Waals surface area contributed by atoms with Crippen LogP contribution in [0.4, 0.5) is 0 Å². The summed E-state index contributed by atoms with van der Waals surface area (Å²) in [7, 11) is 0. The van der Waals surface area contributed by atoms with E-state index >= 15 is 0 Å². The minimum atomic E-state index is -0.530. The Morgan fingerprint density at radius 1 is 1.42 bits per heavy atom. The fourth-order valence-corrected chi connectivity index (χ4v) is 1.61. The van der Waals surface area contributed by atoms with E-state index in [1.807, 2.05) is 13.8 Å². The van der Waals surface area contributed by atoms with Crippen LogP contribution in [0.25, 0.3) is 0 Å². The fraction of sp³-hybridized carbons (Fsp3) is 1.00. The van der Waals surface area contributed by atoms with E-state index in [2.05, 4.69) is 11.8 Å². The molecule has 1 aliphatic rings. The molecule has 0 amide bonds. The second-order valence-electron chi connectivity index (χ2n) is 4.51. The predicted octanol–water partition coefficient (Wildman–Crippen LogP) is 1.63. The van der Waals surface area contributed by atoms with Crippen LogP contribution >= 0.6 is 0 Å². The molecule has 1 fully saturated rings. The van der Waals surface area contributed by atoms with Crippen molar-refractivity contribution in [2.45, 2.75) is 51.7 Å². The van der Waals surface area contributed by atoms with Gasteiger partial charge in [-0.1, -0.05) is 6.92 Å². The third kappa shape index (κ3) is 3.55. The van der Waals surface area contributed by atoms with Gasteiger partial charge in [0.2, 0.25) is 0 Å². The maximum absolute atomic E-state index is 9.65. The van der Waals surface area contributed by atoms with Gasteiger partial charge in [-0.25, -0.2) is 0 Å². The average Bonchev–Trinajstić information content (AvgIpc) is 2.63. The molecule has 0 aromatic rings. The molecule has 0 aromatic heterocycles. The zero-order chi connectivity index (χ0) is 9.19. The summed E-state index contributed by atoms with van der Waals surface area (Å²) in [5, 5.41) is 9.65. The highest BCUT2D eigenvalue weighted by Gasteiger charge is 2.31. The summed E-state index contributed by atoms with van der Waals surface area (Å²) >= 11 is 0. The third-order valence-electron chi connectivity index (χ3n) is 2.16. The third-order valence-corrected chi connectivity index (χ3v) is 2.16. The standard InChI is InChI=1S/C10H21NO/c1-4-7-11(9-5-6-9)8-10(2,3)12/h9,12H,4-8H2,1-3H3. The summed E-state index contributed by atoms with van der Waals surface area (Å²) in [5.74, 6) is 0. The first-order chi connectivity index (χ1) is 5.53. The highest BCUT2D eigenvalue weighted by Crippen LogP contribution is 2.28. The average molecular weight is 171 g/mol. The fourth-order valence-electron chi connectivity index (χ4n) is 1.61. The first-order valence-electron chi connectivity index (χ1n) is 4.99. The Bertz CT molecular complexity index is 135. The monoisotopic (exact) mass is 171 g/mol. The van der Waals surface area contributed by atoms with Gasteiger partial charge >= 0.3 is 0 Å². The largest absolute Gasteiger partial charge is 0.389 e. The topological polar surface area (TPSA) is 23.5 Å². The van der Waals surface area contributed by atoms with E-state index < -0.39 is 5.60 Å². The quantitative estimate of drug-likeness (QED) is 0.679. The molecule has 0 aliphatic heterocycles. The lowest BCUT2D eigenvalue weighted by molar-refractivity contribution is 0.0333. The predicted molar refractivity (Wildman–Crippen MR) is 51.2 cm³/mol. The second kappa shape index (κ2) is 3.75. The maximum atomic E-state index is 9.65. The normalized spacial score (nSPS) is 18.8. The summed E-state index contributed by atoms with van der Waals surface area (Å²) in [5.41, 5.74) is -0.530. The number of nitrogens with zero attached hydrogens (tertiary/aromatic N) is 1. The van der Waals surface area contributed by atoms with Gasteiger partial charge in [-0.2, -0.15) is 0 Å². The van der Waals surface area contributed by atoms with Crippen LogP contribution in [-0.2, 0) is 0 Å². The van der Waals surface area contributed by atoms with Gasteiger partial charge in [-0.15, -0.1) is 0 Å². The number of hydrogen-bond acceptors (Lipinski definition) is 2. The van der Waals surface area contributed by atoms with E-state index in [0.717, 1.165) is 19.1 Å². The molecule has 1 aliphatic carbocycles. The van der Waals surface area contributed by atoms with E-state index in [1.54, 1.807) is 0 Å². The van der Waals surface area contributed by atoms with E-state index in [4.69, 9.17) is 0 Å². The molecular formula is C10H21NO.